The standard InChI is InChI=1S/C13H24N4O2/c1-16-8-11(2-3-13(16)19)15-12(18)9-17-6-4-10(14)5-7-17/h10-11H,2-9,14H2,1H3,(H,15,18). The van der Waals surface area contributed by atoms with Crippen LogP contribution in [0.4, 0.5) is 0 Å². The van der Waals surface area contributed by atoms with Crippen molar-refractivity contribution in [3.05, 3.63) is 0 Å². The number of hydrogen-bond donors (Lipinski definition) is 2. The van der Waals surface area contributed by atoms with Crippen LogP contribution in [-0.2, 0) is 9.59 Å². The van der Waals surface area contributed by atoms with Gasteiger partial charge in [-0.2, -0.15) is 0 Å². The number of hydrogen-bond acceptors (Lipinski definition) is 4. The Kier molecular flexibility index (Phi) is 4.76. The minimum absolute atomic E-state index is 0.0585. The highest BCUT2D eigenvalue weighted by molar-refractivity contribution is 5.80. The molecule has 0 bridgehead atoms. The number of carbonyl (C=O) groups excluding carboxylic acids is 2. The molecule has 19 heavy (non-hydrogen) atoms. The summed E-state index contributed by atoms with van der Waals surface area (Å²) in [6, 6.07) is 0.388. The highest BCUT2D eigenvalue weighted by Crippen LogP contribution is 2.10. The van der Waals surface area contributed by atoms with Crippen LogP contribution in [-0.4, -0.2) is 66.9 Å². The molecule has 1 atom stereocenters. The van der Waals surface area contributed by atoms with Gasteiger partial charge in [-0.25, -0.2) is 0 Å². The van der Waals surface area contributed by atoms with Gasteiger partial charge in [-0.1, -0.05) is 0 Å². The lowest BCUT2D eigenvalue weighted by molar-refractivity contribution is -0.134. The molecule has 2 amide bonds. The van der Waals surface area contributed by atoms with Crippen LogP contribution >= 0.6 is 0 Å². The molecule has 2 saturated heterocycles. The van der Waals surface area contributed by atoms with Crippen molar-refractivity contribution in [1.82, 2.24) is 15.1 Å². The largest absolute Gasteiger partial charge is 0.350 e. The molecule has 2 aliphatic rings. The fourth-order valence-electron chi connectivity index (χ4n) is 2.72. The van der Waals surface area contributed by atoms with Crippen LogP contribution < -0.4 is 11.1 Å². The number of nitrogens with two attached hydrogens (primary N) is 1. The van der Waals surface area contributed by atoms with Crippen molar-refractivity contribution in [1.29, 1.82) is 0 Å². The van der Waals surface area contributed by atoms with E-state index >= 15 is 0 Å². The molecule has 0 radical (unpaired) electrons. The van der Waals surface area contributed by atoms with E-state index in [4.69, 9.17) is 5.73 Å². The van der Waals surface area contributed by atoms with Gasteiger partial charge in [-0.3, -0.25) is 14.5 Å². The van der Waals surface area contributed by atoms with Crippen molar-refractivity contribution < 1.29 is 9.59 Å². The van der Waals surface area contributed by atoms with Gasteiger partial charge in [0.1, 0.15) is 0 Å². The van der Waals surface area contributed by atoms with Gasteiger partial charge in [0.25, 0.3) is 0 Å². The summed E-state index contributed by atoms with van der Waals surface area (Å²) < 4.78 is 0. The van der Waals surface area contributed by atoms with Crippen LogP contribution in [0, 0.1) is 0 Å². The number of amides is 2. The van der Waals surface area contributed by atoms with Gasteiger partial charge in [0.2, 0.25) is 11.8 Å². The van der Waals surface area contributed by atoms with E-state index in [1.54, 1.807) is 11.9 Å². The summed E-state index contributed by atoms with van der Waals surface area (Å²) in [5, 5.41) is 3.02. The van der Waals surface area contributed by atoms with Gasteiger partial charge in [0.15, 0.2) is 0 Å². The van der Waals surface area contributed by atoms with E-state index in [1.165, 1.54) is 0 Å². The third kappa shape index (κ3) is 4.18. The van der Waals surface area contributed by atoms with Crippen molar-refractivity contribution in [2.75, 3.05) is 33.2 Å². The molecule has 2 aliphatic heterocycles. The Bertz CT molecular complexity index is 340. The Hall–Kier alpha value is -1.14. The predicted octanol–water partition coefficient (Wildman–Crippen LogP) is -0.853. The first-order chi connectivity index (χ1) is 9.04. The van der Waals surface area contributed by atoms with E-state index in [-0.39, 0.29) is 23.9 Å². The van der Waals surface area contributed by atoms with Gasteiger partial charge in [0, 0.05) is 45.2 Å². The smallest absolute Gasteiger partial charge is 0.234 e. The molecule has 0 aromatic carbocycles. The van der Waals surface area contributed by atoms with Gasteiger partial charge >= 0.3 is 0 Å². The first-order valence-electron chi connectivity index (χ1n) is 7.06. The summed E-state index contributed by atoms with van der Waals surface area (Å²) in [5.74, 6) is 0.221. The molecule has 0 aromatic rings. The van der Waals surface area contributed by atoms with Crippen LogP contribution in [0.5, 0.6) is 0 Å². The molecule has 2 rings (SSSR count). The molecular weight excluding hydrogens is 244 g/mol. The van der Waals surface area contributed by atoms with Crippen LogP contribution in [0.1, 0.15) is 25.7 Å². The van der Waals surface area contributed by atoms with Crippen LogP contribution in [0.3, 0.4) is 0 Å². The third-order valence-corrected chi connectivity index (χ3v) is 3.99. The number of likely N-dealkylation sites (tertiary alicyclic amines) is 2. The fraction of sp³-hybridized carbons (Fsp3) is 0.846. The second-order valence-corrected chi connectivity index (χ2v) is 5.69. The quantitative estimate of drug-likeness (QED) is 0.698. The summed E-state index contributed by atoms with van der Waals surface area (Å²) in [4.78, 5) is 27.2. The van der Waals surface area contributed by atoms with Crippen molar-refractivity contribution in [3.63, 3.8) is 0 Å². The number of rotatable bonds is 3. The van der Waals surface area contributed by atoms with Crippen molar-refractivity contribution in [2.24, 2.45) is 5.73 Å². The van der Waals surface area contributed by atoms with Gasteiger partial charge in [0.05, 0.1) is 6.54 Å². The van der Waals surface area contributed by atoms with Gasteiger partial charge in [-0.05, 0) is 19.3 Å². The van der Waals surface area contributed by atoms with Crippen molar-refractivity contribution >= 4 is 11.8 Å². The molecule has 6 nitrogen and oxygen atoms in total. The molecule has 1 unspecified atom stereocenters. The van der Waals surface area contributed by atoms with Crippen LogP contribution in [0.25, 0.3) is 0 Å². The predicted molar refractivity (Wildman–Crippen MR) is 72.5 cm³/mol. The molecule has 3 N–H and O–H groups in total. The lowest BCUT2D eigenvalue weighted by atomic mass is 10.1. The normalized spacial score (nSPS) is 26.5. The Morgan fingerprint density at radius 2 is 2.05 bits per heavy atom. The minimum Gasteiger partial charge on any atom is -0.350 e. The number of nitrogens with one attached hydrogen (secondary N) is 1. The molecule has 0 aromatic heterocycles. The lowest BCUT2D eigenvalue weighted by Gasteiger charge is -2.32. The monoisotopic (exact) mass is 268 g/mol. The van der Waals surface area contributed by atoms with E-state index in [1.807, 2.05) is 0 Å². The summed E-state index contributed by atoms with van der Waals surface area (Å²) in [5.41, 5.74) is 5.84. The molecule has 2 fully saturated rings. The zero-order chi connectivity index (χ0) is 13.8. The van der Waals surface area contributed by atoms with Crippen LogP contribution in [0.2, 0.25) is 0 Å². The molecule has 6 heteroatoms. The fourth-order valence-corrected chi connectivity index (χ4v) is 2.72. The average Bonchev–Trinajstić information content (AvgIpc) is 2.37. The topological polar surface area (TPSA) is 78.7 Å². The maximum atomic E-state index is 12.0. The summed E-state index contributed by atoms with van der Waals surface area (Å²) >= 11 is 0. The SMILES string of the molecule is CN1CC(NC(=O)CN2CCC(N)CC2)CCC1=O. The average molecular weight is 268 g/mol. The second-order valence-electron chi connectivity index (χ2n) is 5.69. The molecule has 108 valence electrons. The molecule has 0 spiro atoms. The third-order valence-electron chi connectivity index (χ3n) is 3.99. The van der Waals surface area contributed by atoms with E-state index in [0.717, 1.165) is 32.4 Å². The highest BCUT2D eigenvalue weighted by atomic mass is 16.2. The minimum atomic E-state index is 0.0585. The zero-order valence-electron chi connectivity index (χ0n) is 11.6. The number of nitrogens with zero attached hydrogens (tertiary/aromatic N) is 2. The Labute approximate surface area is 114 Å². The lowest BCUT2D eigenvalue weighted by Crippen LogP contribution is -2.51. The summed E-state index contributed by atoms with van der Waals surface area (Å²) in [7, 11) is 1.78. The zero-order valence-corrected chi connectivity index (χ0v) is 11.6. The number of likely N-dealkylation sites (N-methyl/N-ethyl adjacent to an activating group) is 1. The van der Waals surface area contributed by atoms with Gasteiger partial charge in [-0.15, -0.1) is 0 Å². The number of piperidine rings is 2. The first kappa shape index (κ1) is 14.3. The van der Waals surface area contributed by atoms with Crippen molar-refractivity contribution in [3.8, 4) is 0 Å². The molecule has 0 aliphatic carbocycles. The van der Waals surface area contributed by atoms with E-state index in [9.17, 15) is 9.59 Å². The molecule has 0 saturated carbocycles. The van der Waals surface area contributed by atoms with Crippen LogP contribution in [0.15, 0.2) is 0 Å². The van der Waals surface area contributed by atoms with Gasteiger partial charge < -0.3 is 16.0 Å². The summed E-state index contributed by atoms with van der Waals surface area (Å²) in [6.45, 7) is 2.87. The van der Waals surface area contributed by atoms with Crippen molar-refractivity contribution in [2.45, 2.75) is 37.8 Å². The Morgan fingerprint density at radius 1 is 1.37 bits per heavy atom. The second kappa shape index (κ2) is 6.34. The van der Waals surface area contributed by atoms with E-state index in [0.29, 0.717) is 19.5 Å². The maximum absolute atomic E-state index is 12.0. The molecule has 2 heterocycles. The Balaban J connectivity index is 1.71. The first-order valence-corrected chi connectivity index (χ1v) is 7.06. The van der Waals surface area contributed by atoms with E-state index < -0.39 is 0 Å². The molecular formula is C13H24N4O2. The Morgan fingerprint density at radius 3 is 2.68 bits per heavy atom. The summed E-state index contributed by atoms with van der Waals surface area (Å²) in [6.07, 6.45) is 3.21. The number of carbonyl (C=O) groups is 2. The van der Waals surface area contributed by atoms with E-state index in [2.05, 4.69) is 10.2 Å². The highest BCUT2D eigenvalue weighted by Gasteiger charge is 2.25. The maximum Gasteiger partial charge on any atom is 0.234 e.